The van der Waals surface area contributed by atoms with Gasteiger partial charge in [0.2, 0.25) is 0 Å². The predicted octanol–water partition coefficient (Wildman–Crippen LogP) is 0.396. The number of oxime groups is 1. The van der Waals surface area contributed by atoms with E-state index < -0.39 is 5.97 Å². The number of hydrogen-bond acceptors (Lipinski definition) is 7. The van der Waals surface area contributed by atoms with Crippen LogP contribution in [0, 0.1) is 0 Å². The van der Waals surface area contributed by atoms with Crippen molar-refractivity contribution in [2.75, 3.05) is 5.73 Å². The van der Waals surface area contributed by atoms with E-state index in [-0.39, 0.29) is 17.3 Å². The van der Waals surface area contributed by atoms with Crippen LogP contribution < -0.4 is 11.5 Å². The van der Waals surface area contributed by atoms with Crippen LogP contribution in [-0.2, 0) is 9.63 Å². The van der Waals surface area contributed by atoms with Gasteiger partial charge in [0.15, 0.2) is 17.3 Å². The summed E-state index contributed by atoms with van der Waals surface area (Å²) in [6, 6.07) is 0. The topological polar surface area (TPSA) is 130 Å². The molecule has 1 aromatic heterocycles. The zero-order valence-corrected chi connectivity index (χ0v) is 9.55. The third-order valence-corrected chi connectivity index (χ3v) is 1.99. The summed E-state index contributed by atoms with van der Waals surface area (Å²) < 4.78 is 4.33. The fourth-order valence-electron chi connectivity index (χ4n) is 1.08. The number of nitrogen functional groups attached to an aromatic ring is 1. The van der Waals surface area contributed by atoms with Gasteiger partial charge in [-0.2, -0.15) is 0 Å². The molecule has 4 N–H and O–H groups in total. The Bertz CT molecular complexity index is 401. The van der Waals surface area contributed by atoms with E-state index >= 15 is 0 Å². The van der Waals surface area contributed by atoms with E-state index in [1.54, 1.807) is 0 Å². The third kappa shape index (κ3) is 4.09. The van der Waals surface area contributed by atoms with Crippen LogP contribution in [-0.4, -0.2) is 22.1 Å². The van der Waals surface area contributed by atoms with Gasteiger partial charge >= 0.3 is 5.97 Å². The van der Waals surface area contributed by atoms with Crippen molar-refractivity contribution in [3.8, 4) is 0 Å². The van der Waals surface area contributed by atoms with Crippen LogP contribution in [0.4, 0.5) is 5.82 Å². The van der Waals surface area contributed by atoms with Crippen LogP contribution in [0.25, 0.3) is 0 Å². The zero-order valence-electron chi connectivity index (χ0n) is 9.55. The van der Waals surface area contributed by atoms with E-state index in [1.807, 2.05) is 6.92 Å². The predicted molar refractivity (Wildman–Crippen MR) is 59.7 cm³/mol. The minimum Gasteiger partial charge on any atom is -0.379 e. The SMILES string of the molecule is CCCCCC(=O)O/N=C(/N)c1nonc1N. The maximum Gasteiger partial charge on any atom is 0.335 e. The Kier molecular flexibility index (Phi) is 4.92. The molecular weight excluding hydrogens is 226 g/mol. The number of nitrogens with two attached hydrogens (primary N) is 2. The number of carbonyl (C=O) groups excluding carboxylic acids is 1. The number of unbranched alkanes of at least 4 members (excludes halogenated alkanes) is 2. The number of carbonyl (C=O) groups is 1. The maximum atomic E-state index is 11.2. The molecule has 0 unspecified atom stereocenters. The maximum absolute atomic E-state index is 11.2. The number of anilines is 1. The molecule has 0 amide bonds. The molecule has 8 nitrogen and oxygen atoms in total. The molecule has 0 radical (unpaired) electrons. The minimum atomic E-state index is -0.448. The van der Waals surface area contributed by atoms with Crippen LogP contribution >= 0.6 is 0 Å². The summed E-state index contributed by atoms with van der Waals surface area (Å²) in [5.74, 6) is -0.600. The average Bonchev–Trinajstić information content (AvgIpc) is 2.73. The molecular formula is C9H15N5O3. The van der Waals surface area contributed by atoms with Gasteiger partial charge in [-0.05, 0) is 16.7 Å². The molecule has 0 aliphatic rings. The highest BCUT2D eigenvalue weighted by molar-refractivity contribution is 5.99. The fourth-order valence-corrected chi connectivity index (χ4v) is 1.08. The molecule has 0 spiro atoms. The molecule has 0 aromatic carbocycles. The number of hydrogen-bond donors (Lipinski definition) is 2. The molecule has 0 bridgehead atoms. The first kappa shape index (κ1) is 12.9. The van der Waals surface area contributed by atoms with Gasteiger partial charge in [0.1, 0.15) is 0 Å². The normalized spacial score (nSPS) is 11.5. The molecule has 0 aliphatic heterocycles. The van der Waals surface area contributed by atoms with E-state index in [0.717, 1.165) is 19.3 Å². The van der Waals surface area contributed by atoms with Crippen LogP contribution in [0.15, 0.2) is 9.78 Å². The Hall–Kier alpha value is -2.12. The van der Waals surface area contributed by atoms with Crippen LogP contribution in [0.3, 0.4) is 0 Å². The molecule has 0 saturated carbocycles. The molecule has 0 atom stereocenters. The molecule has 1 heterocycles. The Morgan fingerprint density at radius 3 is 2.82 bits per heavy atom. The van der Waals surface area contributed by atoms with E-state index in [1.165, 1.54) is 0 Å². The summed E-state index contributed by atoms with van der Waals surface area (Å²) in [5.41, 5.74) is 10.9. The van der Waals surface area contributed by atoms with Gasteiger partial charge in [0, 0.05) is 6.42 Å². The Morgan fingerprint density at radius 2 is 2.24 bits per heavy atom. The van der Waals surface area contributed by atoms with Gasteiger partial charge in [0.05, 0.1) is 0 Å². The molecule has 1 rings (SSSR count). The number of rotatable bonds is 6. The van der Waals surface area contributed by atoms with E-state index in [9.17, 15) is 4.79 Å². The van der Waals surface area contributed by atoms with Crippen molar-refractivity contribution in [1.29, 1.82) is 0 Å². The molecule has 0 aliphatic carbocycles. The zero-order chi connectivity index (χ0) is 12.7. The lowest BCUT2D eigenvalue weighted by molar-refractivity contribution is -0.143. The van der Waals surface area contributed by atoms with Gasteiger partial charge in [-0.3, -0.25) is 0 Å². The Labute approximate surface area is 97.9 Å². The summed E-state index contributed by atoms with van der Waals surface area (Å²) in [4.78, 5) is 15.8. The highest BCUT2D eigenvalue weighted by Crippen LogP contribution is 2.04. The van der Waals surface area contributed by atoms with Crippen molar-refractivity contribution in [2.24, 2.45) is 10.9 Å². The summed E-state index contributed by atoms with van der Waals surface area (Å²) >= 11 is 0. The summed E-state index contributed by atoms with van der Waals surface area (Å²) in [6.07, 6.45) is 3.06. The third-order valence-electron chi connectivity index (χ3n) is 1.99. The van der Waals surface area contributed by atoms with Gasteiger partial charge in [0.25, 0.3) is 0 Å². The summed E-state index contributed by atoms with van der Waals surface area (Å²) in [7, 11) is 0. The molecule has 17 heavy (non-hydrogen) atoms. The van der Waals surface area contributed by atoms with E-state index in [4.69, 9.17) is 11.5 Å². The lowest BCUT2D eigenvalue weighted by Crippen LogP contribution is -2.17. The smallest absolute Gasteiger partial charge is 0.335 e. The first-order chi connectivity index (χ1) is 8.15. The van der Waals surface area contributed by atoms with Gasteiger partial charge in [-0.25, -0.2) is 9.42 Å². The minimum absolute atomic E-state index is 0.00622. The van der Waals surface area contributed by atoms with Crippen molar-refractivity contribution < 1.29 is 14.3 Å². The lowest BCUT2D eigenvalue weighted by atomic mass is 10.2. The second-order valence-corrected chi connectivity index (χ2v) is 3.40. The molecule has 0 saturated heterocycles. The molecule has 8 heteroatoms. The van der Waals surface area contributed by atoms with Crippen LogP contribution in [0.1, 0.15) is 38.3 Å². The number of nitrogens with zero attached hydrogens (tertiary/aromatic N) is 3. The summed E-state index contributed by atoms with van der Waals surface area (Å²) in [6.45, 7) is 2.04. The van der Waals surface area contributed by atoms with Gasteiger partial charge in [-0.15, -0.1) is 0 Å². The van der Waals surface area contributed by atoms with Crippen molar-refractivity contribution >= 4 is 17.6 Å². The van der Waals surface area contributed by atoms with E-state index in [2.05, 4.69) is 24.9 Å². The molecule has 94 valence electrons. The summed E-state index contributed by atoms with van der Waals surface area (Å²) in [5, 5.41) is 10.1. The Balaban J connectivity index is 2.43. The van der Waals surface area contributed by atoms with Gasteiger partial charge < -0.3 is 16.3 Å². The number of amidine groups is 1. The second-order valence-electron chi connectivity index (χ2n) is 3.40. The molecule has 1 aromatic rings. The highest BCUT2D eigenvalue weighted by Gasteiger charge is 2.12. The number of aromatic nitrogens is 2. The quantitative estimate of drug-likeness (QED) is 0.242. The fraction of sp³-hybridized carbons (Fsp3) is 0.556. The van der Waals surface area contributed by atoms with Crippen LogP contribution in [0.2, 0.25) is 0 Å². The monoisotopic (exact) mass is 241 g/mol. The van der Waals surface area contributed by atoms with Crippen LogP contribution in [0.5, 0.6) is 0 Å². The van der Waals surface area contributed by atoms with E-state index in [0.29, 0.717) is 6.42 Å². The molecule has 0 fully saturated rings. The Morgan fingerprint density at radius 1 is 1.47 bits per heavy atom. The second kappa shape index (κ2) is 6.46. The van der Waals surface area contributed by atoms with Crippen molar-refractivity contribution in [1.82, 2.24) is 10.3 Å². The van der Waals surface area contributed by atoms with Gasteiger partial charge in [-0.1, -0.05) is 24.9 Å². The largest absolute Gasteiger partial charge is 0.379 e. The average molecular weight is 241 g/mol. The van der Waals surface area contributed by atoms with Crippen molar-refractivity contribution in [3.63, 3.8) is 0 Å². The first-order valence-electron chi connectivity index (χ1n) is 5.26. The van der Waals surface area contributed by atoms with Crippen molar-refractivity contribution in [3.05, 3.63) is 5.69 Å². The highest BCUT2D eigenvalue weighted by atomic mass is 16.7. The first-order valence-corrected chi connectivity index (χ1v) is 5.26. The lowest BCUT2D eigenvalue weighted by Gasteiger charge is -1.98. The van der Waals surface area contributed by atoms with Crippen molar-refractivity contribution in [2.45, 2.75) is 32.6 Å². The standard InChI is InChI=1S/C9H15N5O3/c1-2-3-4-5-6(15)16-13-8(10)7-9(11)14-17-12-7/h2-5H2,1H3,(H2,10,13)(H2,11,14).